The van der Waals surface area contributed by atoms with Crippen LogP contribution in [-0.2, 0) is 4.79 Å². The second-order valence-corrected chi connectivity index (χ2v) is 4.07. The maximum Gasteiger partial charge on any atom is 0.450 e. The van der Waals surface area contributed by atoms with E-state index in [0.717, 1.165) is 24.3 Å². The second kappa shape index (κ2) is 6.62. The normalized spacial score (nSPS) is 12.9. The van der Waals surface area contributed by atoms with E-state index in [9.17, 15) is 41.3 Å². The monoisotopic (exact) mass is 343 g/mol. The van der Waals surface area contributed by atoms with Crippen LogP contribution in [0.25, 0.3) is 0 Å². The van der Waals surface area contributed by atoms with Crippen LogP contribution in [0, 0.1) is 10.1 Å². The molecule has 0 bridgehead atoms. The van der Waals surface area contributed by atoms with Crippen LogP contribution in [0.3, 0.4) is 0 Å². The highest BCUT2D eigenvalue weighted by Gasteiger charge is 2.44. The number of halogens is 6. The number of alkyl halides is 6. The molecule has 1 N–H and O–H groups in total. The van der Waals surface area contributed by atoms with Crippen LogP contribution in [-0.4, -0.2) is 28.8 Å². The molecule has 0 saturated carbocycles. The van der Waals surface area contributed by atoms with E-state index in [-0.39, 0.29) is 11.4 Å². The van der Waals surface area contributed by atoms with Gasteiger partial charge in [-0.2, -0.15) is 31.4 Å². The lowest BCUT2D eigenvalue weighted by molar-refractivity contribution is -0.384. The molecule has 1 aromatic carbocycles. The van der Waals surface area contributed by atoms with Gasteiger partial charge in [0.05, 0.1) is 17.0 Å². The molecule has 1 aromatic rings. The summed E-state index contributed by atoms with van der Waals surface area (Å²) in [6.07, 6.45) is -12.7. The summed E-state index contributed by atoms with van der Waals surface area (Å²) < 4.78 is 73.8. The molecule has 0 aromatic heterocycles. The molecule has 0 unspecified atom stereocenters. The Kier molecular flexibility index (Phi) is 5.30. The first-order valence-electron chi connectivity index (χ1n) is 5.65. The molecule has 23 heavy (non-hydrogen) atoms. The summed E-state index contributed by atoms with van der Waals surface area (Å²) in [7, 11) is 0. The zero-order chi connectivity index (χ0) is 17.8. The third kappa shape index (κ3) is 5.56. The van der Waals surface area contributed by atoms with Crippen LogP contribution >= 0.6 is 0 Å². The molecule has 0 saturated heterocycles. The van der Waals surface area contributed by atoms with Crippen LogP contribution in [0.1, 0.15) is 6.42 Å². The number of hydrazone groups is 1. The molecule has 0 aliphatic rings. The van der Waals surface area contributed by atoms with E-state index >= 15 is 0 Å². The van der Waals surface area contributed by atoms with Gasteiger partial charge < -0.3 is 0 Å². The highest BCUT2D eigenvalue weighted by atomic mass is 19.4. The van der Waals surface area contributed by atoms with E-state index in [2.05, 4.69) is 5.10 Å². The minimum absolute atomic E-state index is 0.142. The van der Waals surface area contributed by atoms with Gasteiger partial charge in [-0.15, -0.1) is 0 Å². The number of ketones is 1. The van der Waals surface area contributed by atoms with Crippen molar-refractivity contribution in [2.24, 2.45) is 5.10 Å². The van der Waals surface area contributed by atoms with Gasteiger partial charge in [0.25, 0.3) is 5.69 Å². The van der Waals surface area contributed by atoms with E-state index in [1.54, 1.807) is 5.43 Å². The van der Waals surface area contributed by atoms with Gasteiger partial charge in [-0.25, -0.2) is 0 Å². The Morgan fingerprint density at radius 1 is 1.09 bits per heavy atom. The van der Waals surface area contributed by atoms with Gasteiger partial charge in [0.15, 0.2) is 0 Å². The Hall–Kier alpha value is -2.66. The Labute approximate surface area is 123 Å². The van der Waals surface area contributed by atoms with Gasteiger partial charge in [-0.05, 0) is 12.1 Å². The molecular formula is C11H7F6N3O3. The molecule has 0 aliphatic carbocycles. The van der Waals surface area contributed by atoms with Gasteiger partial charge in [-0.1, -0.05) is 0 Å². The SMILES string of the molecule is O=C(C/C(=N/Nc1ccc([N+](=O)[O-])cc1)C(F)(F)F)C(F)(F)F. The first-order valence-corrected chi connectivity index (χ1v) is 5.65. The van der Waals surface area contributed by atoms with Crippen molar-refractivity contribution >= 4 is 22.9 Å². The van der Waals surface area contributed by atoms with Gasteiger partial charge in [0, 0.05) is 12.1 Å². The lowest BCUT2D eigenvalue weighted by Crippen LogP contribution is -2.32. The van der Waals surface area contributed by atoms with Crippen LogP contribution in [0.4, 0.5) is 37.7 Å². The van der Waals surface area contributed by atoms with E-state index in [1.165, 1.54) is 0 Å². The van der Waals surface area contributed by atoms with Gasteiger partial charge >= 0.3 is 12.4 Å². The van der Waals surface area contributed by atoms with Crippen molar-refractivity contribution in [2.75, 3.05) is 5.43 Å². The average molecular weight is 343 g/mol. The maximum absolute atomic E-state index is 12.6. The Morgan fingerprint density at radius 2 is 1.61 bits per heavy atom. The molecular weight excluding hydrogens is 336 g/mol. The van der Waals surface area contributed by atoms with Gasteiger partial charge in [0.1, 0.15) is 5.71 Å². The molecule has 0 atom stereocenters. The molecule has 126 valence electrons. The smallest absolute Gasteiger partial charge is 0.289 e. The van der Waals surface area contributed by atoms with E-state index < -0.39 is 35.2 Å². The van der Waals surface area contributed by atoms with Gasteiger partial charge in [-0.3, -0.25) is 20.3 Å². The predicted octanol–water partition coefficient (Wildman–Crippen LogP) is 3.45. The number of hydrogen-bond acceptors (Lipinski definition) is 5. The van der Waals surface area contributed by atoms with E-state index in [1.807, 2.05) is 0 Å². The van der Waals surface area contributed by atoms with Crippen molar-refractivity contribution in [1.29, 1.82) is 0 Å². The fraction of sp³-hybridized carbons (Fsp3) is 0.273. The lowest BCUT2D eigenvalue weighted by atomic mass is 10.2. The summed E-state index contributed by atoms with van der Waals surface area (Å²) in [5.74, 6) is -2.60. The topological polar surface area (TPSA) is 84.6 Å². The number of nitrogens with zero attached hydrogens (tertiary/aromatic N) is 2. The van der Waals surface area contributed by atoms with Crippen molar-refractivity contribution in [2.45, 2.75) is 18.8 Å². The molecule has 6 nitrogen and oxygen atoms in total. The molecule has 0 radical (unpaired) electrons. The summed E-state index contributed by atoms with van der Waals surface area (Å²) in [5.41, 5.74) is -0.660. The number of carbonyl (C=O) groups is 1. The summed E-state index contributed by atoms with van der Waals surface area (Å²) in [4.78, 5) is 20.3. The minimum Gasteiger partial charge on any atom is -0.289 e. The molecule has 12 heteroatoms. The molecule has 0 amide bonds. The first kappa shape index (κ1) is 18.4. The fourth-order valence-corrected chi connectivity index (χ4v) is 1.25. The quantitative estimate of drug-likeness (QED) is 0.384. The largest absolute Gasteiger partial charge is 0.450 e. The average Bonchev–Trinajstić information content (AvgIpc) is 2.41. The number of non-ortho nitro benzene ring substituents is 1. The summed E-state index contributed by atoms with van der Waals surface area (Å²) in [5, 5.41) is 13.1. The third-order valence-electron chi connectivity index (χ3n) is 2.37. The lowest BCUT2D eigenvalue weighted by Gasteiger charge is -2.11. The van der Waals surface area contributed by atoms with Gasteiger partial charge in [0.2, 0.25) is 5.78 Å². The number of hydrogen-bond donors (Lipinski definition) is 1. The molecule has 0 spiro atoms. The Bertz CT molecular complexity index is 621. The number of nitro benzene ring substituents is 1. The molecule has 0 aliphatic heterocycles. The summed E-state index contributed by atoms with van der Waals surface area (Å²) in [6, 6.07) is 3.90. The molecule has 0 fully saturated rings. The van der Waals surface area contributed by atoms with Crippen LogP contribution in [0.15, 0.2) is 29.4 Å². The van der Waals surface area contributed by atoms with Crippen LogP contribution in [0.5, 0.6) is 0 Å². The van der Waals surface area contributed by atoms with Crippen molar-refractivity contribution in [3.05, 3.63) is 34.4 Å². The zero-order valence-electron chi connectivity index (χ0n) is 10.9. The van der Waals surface area contributed by atoms with Crippen molar-refractivity contribution < 1.29 is 36.1 Å². The molecule has 1 rings (SSSR count). The first-order chi connectivity index (χ1) is 10.4. The number of carbonyl (C=O) groups excluding carboxylic acids is 1. The van der Waals surface area contributed by atoms with E-state index in [0.29, 0.717) is 0 Å². The van der Waals surface area contributed by atoms with Crippen LogP contribution in [0.2, 0.25) is 0 Å². The highest BCUT2D eigenvalue weighted by molar-refractivity contribution is 6.06. The Morgan fingerprint density at radius 3 is 2.00 bits per heavy atom. The summed E-state index contributed by atoms with van der Waals surface area (Å²) >= 11 is 0. The standard InChI is InChI=1S/C11H7F6N3O3/c12-10(13,14)8(5-9(21)11(15,16)17)19-18-6-1-3-7(4-2-6)20(22)23/h1-4,18H,5H2/b19-8-. The number of benzene rings is 1. The minimum atomic E-state index is -5.42. The van der Waals surface area contributed by atoms with Crippen molar-refractivity contribution in [3.8, 4) is 0 Å². The fourth-order valence-electron chi connectivity index (χ4n) is 1.25. The van der Waals surface area contributed by atoms with E-state index in [4.69, 9.17) is 0 Å². The zero-order valence-corrected chi connectivity index (χ0v) is 10.9. The number of anilines is 1. The molecule has 0 heterocycles. The maximum atomic E-state index is 12.6. The van der Waals surface area contributed by atoms with Crippen molar-refractivity contribution in [1.82, 2.24) is 0 Å². The van der Waals surface area contributed by atoms with Crippen LogP contribution < -0.4 is 5.43 Å². The number of Topliss-reactive ketones (excluding diaryl/α,β-unsaturated/α-hetero) is 1. The van der Waals surface area contributed by atoms with Crippen molar-refractivity contribution in [3.63, 3.8) is 0 Å². The number of nitro groups is 1. The highest BCUT2D eigenvalue weighted by Crippen LogP contribution is 2.25. The number of nitrogens with one attached hydrogen (secondary N) is 1. The Balaban J connectivity index is 2.93. The summed E-state index contributed by atoms with van der Waals surface area (Å²) in [6.45, 7) is 0. The number of rotatable bonds is 5. The third-order valence-corrected chi connectivity index (χ3v) is 2.37. The second-order valence-electron chi connectivity index (χ2n) is 4.07. The predicted molar refractivity (Wildman–Crippen MR) is 65.9 cm³/mol.